The van der Waals surface area contributed by atoms with E-state index in [1.165, 1.54) is 5.56 Å². The lowest BCUT2D eigenvalue weighted by atomic mass is 9.76. The molecule has 150 valence electrons. The van der Waals surface area contributed by atoms with Gasteiger partial charge in [-0.3, -0.25) is 9.78 Å². The molecule has 0 spiro atoms. The minimum atomic E-state index is -0.149. The van der Waals surface area contributed by atoms with Crippen molar-refractivity contribution in [1.82, 2.24) is 24.7 Å². The number of nitrogens with zero attached hydrogens (tertiary/aromatic N) is 4. The lowest BCUT2D eigenvalue weighted by Gasteiger charge is -2.30. The first-order chi connectivity index (χ1) is 13.9. The molecule has 0 radical (unpaired) electrons. The quantitative estimate of drug-likeness (QED) is 0.674. The molecule has 0 amide bonds. The number of aromatic nitrogens is 5. The third-order valence-corrected chi connectivity index (χ3v) is 5.35. The minimum absolute atomic E-state index is 0.149. The monoisotopic (exact) mass is 391 g/mol. The van der Waals surface area contributed by atoms with E-state index >= 15 is 0 Å². The molecule has 4 rings (SSSR count). The Labute approximate surface area is 169 Å². The van der Waals surface area contributed by atoms with Crippen LogP contribution >= 0.6 is 0 Å². The van der Waals surface area contributed by atoms with Gasteiger partial charge in [0.15, 0.2) is 11.6 Å². The highest BCUT2D eigenvalue weighted by Gasteiger charge is 2.27. The van der Waals surface area contributed by atoms with E-state index in [1.807, 2.05) is 6.07 Å². The molecule has 29 heavy (non-hydrogen) atoms. The number of nitrogens with one attached hydrogen (secondary N) is 1. The summed E-state index contributed by atoms with van der Waals surface area (Å²) in [5.41, 5.74) is 3.36. The van der Waals surface area contributed by atoms with Crippen molar-refractivity contribution < 1.29 is 4.74 Å². The van der Waals surface area contributed by atoms with Gasteiger partial charge in [-0.2, -0.15) is 0 Å². The number of hydrogen-bond donors (Lipinski definition) is 1. The number of rotatable bonds is 5. The zero-order valence-corrected chi connectivity index (χ0v) is 17.0. The highest BCUT2D eigenvalue weighted by atomic mass is 16.5. The van der Waals surface area contributed by atoms with E-state index in [2.05, 4.69) is 40.5 Å². The Morgan fingerprint density at radius 3 is 2.97 bits per heavy atom. The molecule has 7 nitrogen and oxygen atoms in total. The van der Waals surface area contributed by atoms with Crippen LogP contribution in [-0.2, 0) is 19.4 Å². The first-order valence-electron chi connectivity index (χ1n) is 9.72. The summed E-state index contributed by atoms with van der Waals surface area (Å²) in [5.74, 6) is 1.63. The Kier molecular flexibility index (Phi) is 4.82. The third kappa shape index (κ3) is 3.72. The fourth-order valence-electron chi connectivity index (χ4n) is 3.76. The highest BCUT2D eigenvalue weighted by molar-refractivity contribution is 5.61. The number of allylic oxidation sites excluding steroid dienone is 1. The van der Waals surface area contributed by atoms with Crippen LogP contribution in [0.4, 0.5) is 0 Å². The largest absolute Gasteiger partial charge is 0.497 e. The van der Waals surface area contributed by atoms with Gasteiger partial charge in [-0.05, 0) is 42.4 Å². The average Bonchev–Trinajstić information content (AvgIpc) is 3.11. The van der Waals surface area contributed by atoms with Crippen molar-refractivity contribution in [1.29, 1.82) is 0 Å². The summed E-state index contributed by atoms with van der Waals surface area (Å²) in [6.45, 7) is 8.70. The molecule has 1 N–H and O–H groups in total. The summed E-state index contributed by atoms with van der Waals surface area (Å²) in [7, 11) is 1.60. The fourth-order valence-corrected chi connectivity index (χ4v) is 3.76. The second kappa shape index (κ2) is 7.31. The van der Waals surface area contributed by atoms with E-state index in [0.29, 0.717) is 35.2 Å². The number of methoxy groups -OCH3 is 1. The molecule has 0 unspecified atom stereocenters. The molecule has 0 bridgehead atoms. The van der Waals surface area contributed by atoms with Crippen LogP contribution in [0.3, 0.4) is 0 Å². The molecule has 0 atom stereocenters. The van der Waals surface area contributed by atoms with Crippen LogP contribution in [0.2, 0.25) is 0 Å². The van der Waals surface area contributed by atoms with Gasteiger partial charge >= 0.3 is 0 Å². The van der Waals surface area contributed by atoms with Crippen molar-refractivity contribution in [2.75, 3.05) is 7.11 Å². The Morgan fingerprint density at radius 1 is 1.38 bits per heavy atom. The molecule has 3 heterocycles. The zero-order valence-electron chi connectivity index (χ0n) is 17.0. The van der Waals surface area contributed by atoms with Gasteiger partial charge in [-0.15, -0.1) is 11.7 Å². The lowest BCUT2D eigenvalue weighted by Crippen LogP contribution is -2.26. The van der Waals surface area contributed by atoms with Gasteiger partial charge in [0.25, 0.3) is 5.56 Å². The number of ether oxygens (including phenoxy) is 1. The SMILES string of the molecule is C=CCn1nc(-c2cc(OC)ccn2)nc1-c1cc2c([nH]c1=O)CC(C)(C)CC2. The molecule has 0 fully saturated rings. The molecular weight excluding hydrogens is 366 g/mol. The summed E-state index contributed by atoms with van der Waals surface area (Å²) in [6.07, 6.45) is 6.28. The number of hydrogen-bond acceptors (Lipinski definition) is 5. The maximum absolute atomic E-state index is 12.9. The van der Waals surface area contributed by atoms with Crippen LogP contribution in [0, 0.1) is 5.41 Å². The van der Waals surface area contributed by atoms with E-state index in [1.54, 1.807) is 36.2 Å². The van der Waals surface area contributed by atoms with E-state index in [0.717, 1.165) is 25.0 Å². The second-order valence-corrected chi connectivity index (χ2v) is 8.17. The van der Waals surface area contributed by atoms with Gasteiger partial charge in [-0.1, -0.05) is 19.9 Å². The summed E-state index contributed by atoms with van der Waals surface area (Å²) in [6, 6.07) is 5.51. The number of fused-ring (bicyclic) bond motifs is 1. The van der Waals surface area contributed by atoms with Crippen molar-refractivity contribution in [3.8, 4) is 28.7 Å². The predicted molar refractivity (Wildman–Crippen MR) is 112 cm³/mol. The normalized spacial score (nSPS) is 15.0. The topological polar surface area (TPSA) is 85.7 Å². The van der Waals surface area contributed by atoms with Crippen molar-refractivity contribution in [3.05, 3.63) is 58.7 Å². The molecule has 0 aromatic carbocycles. The van der Waals surface area contributed by atoms with E-state index < -0.39 is 0 Å². The van der Waals surface area contributed by atoms with Crippen LogP contribution < -0.4 is 10.3 Å². The highest BCUT2D eigenvalue weighted by Crippen LogP contribution is 2.34. The predicted octanol–water partition coefficient (Wildman–Crippen LogP) is 3.40. The first-order valence-corrected chi connectivity index (χ1v) is 9.72. The molecule has 1 aliphatic carbocycles. The standard InChI is InChI=1S/C22H25N5O2/c1-5-10-27-20(25-19(26-27)17-12-15(29-4)7-9-23-17)16-11-14-6-8-22(2,3)13-18(14)24-21(16)28/h5,7,9,11-12H,1,6,8,10,13H2,2-4H3,(H,24,28). The van der Waals surface area contributed by atoms with Crippen LogP contribution in [0.25, 0.3) is 22.9 Å². The summed E-state index contributed by atoms with van der Waals surface area (Å²) in [5, 5.41) is 4.56. The molecule has 3 aromatic heterocycles. The molecule has 0 saturated heterocycles. The molecule has 3 aromatic rings. The smallest absolute Gasteiger partial charge is 0.259 e. The van der Waals surface area contributed by atoms with E-state index in [9.17, 15) is 4.79 Å². The maximum atomic E-state index is 12.9. The van der Waals surface area contributed by atoms with Crippen LogP contribution in [-0.4, -0.2) is 31.8 Å². The molecule has 7 heteroatoms. The number of aryl methyl sites for hydroxylation is 1. The van der Waals surface area contributed by atoms with Gasteiger partial charge in [0, 0.05) is 18.0 Å². The summed E-state index contributed by atoms with van der Waals surface area (Å²) < 4.78 is 6.96. The molecule has 0 aliphatic heterocycles. The molecule has 0 saturated carbocycles. The second-order valence-electron chi connectivity index (χ2n) is 8.17. The van der Waals surface area contributed by atoms with Crippen molar-refractivity contribution in [2.24, 2.45) is 5.41 Å². The molecule has 1 aliphatic rings. The van der Waals surface area contributed by atoms with Crippen LogP contribution in [0.5, 0.6) is 5.75 Å². The van der Waals surface area contributed by atoms with E-state index in [4.69, 9.17) is 4.74 Å². The Balaban J connectivity index is 1.81. The number of aromatic amines is 1. The summed E-state index contributed by atoms with van der Waals surface area (Å²) >= 11 is 0. The van der Waals surface area contributed by atoms with Gasteiger partial charge in [0.1, 0.15) is 11.4 Å². The van der Waals surface area contributed by atoms with Crippen LogP contribution in [0.1, 0.15) is 31.5 Å². The van der Waals surface area contributed by atoms with E-state index in [-0.39, 0.29) is 11.0 Å². The first kappa shape index (κ1) is 19.1. The van der Waals surface area contributed by atoms with Gasteiger partial charge in [0.2, 0.25) is 0 Å². The van der Waals surface area contributed by atoms with Gasteiger partial charge in [0.05, 0.1) is 19.2 Å². The Hall–Kier alpha value is -3.22. The summed E-state index contributed by atoms with van der Waals surface area (Å²) in [4.78, 5) is 25.0. The van der Waals surface area contributed by atoms with Crippen LogP contribution in [0.15, 0.2) is 41.8 Å². The number of pyridine rings is 2. The minimum Gasteiger partial charge on any atom is -0.497 e. The fraction of sp³-hybridized carbons (Fsp3) is 0.364. The maximum Gasteiger partial charge on any atom is 0.259 e. The van der Waals surface area contributed by atoms with Crippen molar-refractivity contribution >= 4 is 0 Å². The molecular formula is C22H25N5O2. The van der Waals surface area contributed by atoms with Crippen molar-refractivity contribution in [3.63, 3.8) is 0 Å². The van der Waals surface area contributed by atoms with Crippen molar-refractivity contribution in [2.45, 2.75) is 39.7 Å². The zero-order chi connectivity index (χ0) is 20.6. The average molecular weight is 391 g/mol. The Bertz CT molecular complexity index is 1130. The van der Waals surface area contributed by atoms with Gasteiger partial charge < -0.3 is 9.72 Å². The number of H-pyrrole nitrogens is 1. The Morgan fingerprint density at radius 2 is 2.21 bits per heavy atom. The van der Waals surface area contributed by atoms with Gasteiger partial charge in [-0.25, -0.2) is 9.67 Å². The lowest BCUT2D eigenvalue weighted by molar-refractivity contribution is 0.310. The third-order valence-electron chi connectivity index (χ3n) is 5.35.